The molecule has 4 nitrogen and oxygen atoms in total. The van der Waals surface area contributed by atoms with Crippen molar-refractivity contribution in [1.29, 1.82) is 0 Å². The van der Waals surface area contributed by atoms with Crippen LogP contribution in [0.3, 0.4) is 0 Å². The van der Waals surface area contributed by atoms with Crippen molar-refractivity contribution in [3.8, 4) is 5.75 Å². The van der Waals surface area contributed by atoms with E-state index in [0.29, 0.717) is 11.6 Å². The molecule has 0 aliphatic rings. The zero-order chi connectivity index (χ0) is 9.80. The highest BCUT2D eigenvalue weighted by atomic mass is 32.1. The second-order valence-corrected chi connectivity index (χ2v) is 3.65. The molecule has 0 spiro atoms. The van der Waals surface area contributed by atoms with Gasteiger partial charge in [-0.2, -0.15) is 5.10 Å². The van der Waals surface area contributed by atoms with Gasteiger partial charge in [0.1, 0.15) is 12.4 Å². The molecule has 5 heteroatoms. The molecular formula is C9H8N2O2S. The average Bonchev–Trinajstić information content (AvgIpc) is 2.63. The van der Waals surface area contributed by atoms with Gasteiger partial charge in [0, 0.05) is 0 Å². The molecular weight excluding hydrogens is 200 g/mol. The Hall–Kier alpha value is -1.62. The van der Waals surface area contributed by atoms with Gasteiger partial charge in [-0.3, -0.25) is 4.79 Å². The van der Waals surface area contributed by atoms with Gasteiger partial charge < -0.3 is 4.74 Å². The number of hydrogen-bond donors (Lipinski definition) is 1. The van der Waals surface area contributed by atoms with Gasteiger partial charge in [0.05, 0.1) is 0 Å². The molecule has 1 heterocycles. The van der Waals surface area contributed by atoms with Crippen LogP contribution in [0.1, 0.15) is 5.01 Å². The summed E-state index contributed by atoms with van der Waals surface area (Å²) in [5.74, 6) is 0.773. The van der Waals surface area contributed by atoms with E-state index in [4.69, 9.17) is 4.74 Å². The Bertz CT molecular complexity index is 449. The van der Waals surface area contributed by atoms with E-state index in [1.807, 2.05) is 30.3 Å². The first kappa shape index (κ1) is 8.96. The predicted octanol–water partition coefficient (Wildman–Crippen LogP) is 1.41. The van der Waals surface area contributed by atoms with Crippen LogP contribution < -0.4 is 9.61 Å². The Morgan fingerprint density at radius 3 is 2.79 bits per heavy atom. The first-order chi connectivity index (χ1) is 6.84. The lowest BCUT2D eigenvalue weighted by molar-refractivity contribution is 0.304. The number of ether oxygens (including phenoxy) is 1. The summed E-state index contributed by atoms with van der Waals surface area (Å²) in [7, 11) is 0. The highest BCUT2D eigenvalue weighted by molar-refractivity contribution is 7.08. The molecule has 1 aromatic carbocycles. The van der Waals surface area contributed by atoms with Crippen LogP contribution in [0.4, 0.5) is 0 Å². The van der Waals surface area contributed by atoms with Crippen molar-refractivity contribution in [1.82, 2.24) is 10.2 Å². The quantitative estimate of drug-likeness (QED) is 0.829. The Morgan fingerprint density at radius 1 is 1.36 bits per heavy atom. The molecule has 2 aromatic rings. The third-order valence-corrected chi connectivity index (χ3v) is 2.31. The van der Waals surface area contributed by atoms with Gasteiger partial charge >= 0.3 is 4.87 Å². The minimum absolute atomic E-state index is 0.156. The van der Waals surface area contributed by atoms with Crippen LogP contribution in [-0.4, -0.2) is 10.2 Å². The second-order valence-electron chi connectivity index (χ2n) is 2.61. The third-order valence-electron chi connectivity index (χ3n) is 1.59. The SMILES string of the molecule is O=c1[nH]nc(COc2ccccc2)s1. The van der Waals surface area contributed by atoms with E-state index >= 15 is 0 Å². The molecule has 0 aliphatic heterocycles. The zero-order valence-corrected chi connectivity index (χ0v) is 8.08. The number of nitrogens with one attached hydrogen (secondary N) is 1. The van der Waals surface area contributed by atoms with Crippen LogP contribution in [0.25, 0.3) is 0 Å². The fraction of sp³-hybridized carbons (Fsp3) is 0.111. The van der Waals surface area contributed by atoms with Crippen LogP contribution in [0.2, 0.25) is 0 Å². The lowest BCUT2D eigenvalue weighted by Crippen LogP contribution is -1.94. The molecule has 0 amide bonds. The molecule has 72 valence electrons. The number of H-pyrrole nitrogens is 1. The van der Waals surface area contributed by atoms with Crippen LogP contribution in [0, 0.1) is 0 Å². The number of aromatic nitrogens is 2. The van der Waals surface area contributed by atoms with Crippen molar-refractivity contribution in [2.24, 2.45) is 0 Å². The van der Waals surface area contributed by atoms with Crippen LogP contribution in [-0.2, 0) is 6.61 Å². The third kappa shape index (κ3) is 2.20. The van der Waals surface area contributed by atoms with Crippen molar-refractivity contribution in [3.63, 3.8) is 0 Å². The summed E-state index contributed by atoms with van der Waals surface area (Å²) >= 11 is 1.06. The maximum absolute atomic E-state index is 10.7. The second kappa shape index (κ2) is 4.06. The summed E-state index contributed by atoms with van der Waals surface area (Å²) in [6.07, 6.45) is 0. The topological polar surface area (TPSA) is 55.0 Å². The van der Waals surface area contributed by atoms with E-state index in [1.165, 1.54) is 0 Å². The van der Waals surface area contributed by atoms with Crippen molar-refractivity contribution in [2.45, 2.75) is 6.61 Å². The number of hydrogen-bond acceptors (Lipinski definition) is 4. The lowest BCUT2D eigenvalue weighted by Gasteiger charge is -2.01. The van der Waals surface area contributed by atoms with Gasteiger partial charge in [0.2, 0.25) is 0 Å². The lowest BCUT2D eigenvalue weighted by atomic mass is 10.3. The van der Waals surface area contributed by atoms with Gasteiger partial charge in [0.15, 0.2) is 5.01 Å². The summed E-state index contributed by atoms with van der Waals surface area (Å²) in [4.78, 5) is 10.6. The minimum atomic E-state index is -0.156. The number of nitrogens with zero attached hydrogens (tertiary/aromatic N) is 1. The van der Waals surface area contributed by atoms with Crippen LogP contribution in [0.15, 0.2) is 35.1 Å². The Kier molecular flexibility index (Phi) is 2.60. The van der Waals surface area contributed by atoms with Crippen LogP contribution >= 0.6 is 11.3 Å². The van der Waals surface area contributed by atoms with Gasteiger partial charge in [-0.1, -0.05) is 29.5 Å². The van der Waals surface area contributed by atoms with Gasteiger partial charge in [-0.25, -0.2) is 5.10 Å². The summed E-state index contributed by atoms with van der Waals surface area (Å²) in [6, 6.07) is 9.41. The van der Waals surface area contributed by atoms with E-state index in [2.05, 4.69) is 10.2 Å². The number of rotatable bonds is 3. The molecule has 0 bridgehead atoms. The molecule has 0 atom stereocenters. The summed E-state index contributed by atoms with van der Waals surface area (Å²) in [6.45, 7) is 0.327. The molecule has 0 unspecified atom stereocenters. The molecule has 1 aromatic heterocycles. The molecule has 0 saturated heterocycles. The van der Waals surface area contributed by atoms with Gasteiger partial charge in [-0.05, 0) is 12.1 Å². The molecule has 0 aliphatic carbocycles. The van der Waals surface area contributed by atoms with Gasteiger partial charge in [-0.15, -0.1) is 0 Å². The minimum Gasteiger partial charge on any atom is -0.486 e. The van der Waals surface area contributed by atoms with E-state index < -0.39 is 0 Å². The summed E-state index contributed by atoms with van der Waals surface area (Å²) in [5, 5.41) is 6.78. The molecule has 1 N–H and O–H groups in total. The normalized spacial score (nSPS) is 10.0. The molecule has 2 rings (SSSR count). The first-order valence-corrected chi connectivity index (χ1v) is 4.88. The molecule has 0 saturated carbocycles. The molecule has 0 radical (unpaired) electrons. The van der Waals surface area contributed by atoms with E-state index in [0.717, 1.165) is 17.1 Å². The fourth-order valence-electron chi connectivity index (χ4n) is 0.984. The molecule has 0 fully saturated rings. The maximum atomic E-state index is 10.7. The van der Waals surface area contributed by atoms with E-state index in [-0.39, 0.29) is 4.87 Å². The Labute approximate surface area is 84.2 Å². The van der Waals surface area contributed by atoms with Crippen molar-refractivity contribution < 1.29 is 4.74 Å². The summed E-state index contributed by atoms with van der Waals surface area (Å²) in [5.41, 5.74) is 0. The van der Waals surface area contributed by atoms with Crippen LogP contribution in [0.5, 0.6) is 5.75 Å². The van der Waals surface area contributed by atoms with E-state index in [9.17, 15) is 4.79 Å². The highest BCUT2D eigenvalue weighted by Crippen LogP contribution is 2.10. The van der Waals surface area contributed by atoms with Gasteiger partial charge in [0.25, 0.3) is 0 Å². The highest BCUT2D eigenvalue weighted by Gasteiger charge is 1.99. The number of aromatic amines is 1. The largest absolute Gasteiger partial charge is 0.486 e. The monoisotopic (exact) mass is 208 g/mol. The zero-order valence-electron chi connectivity index (χ0n) is 7.27. The fourth-order valence-corrected chi connectivity index (χ4v) is 1.50. The smallest absolute Gasteiger partial charge is 0.322 e. The number of para-hydroxylation sites is 1. The maximum Gasteiger partial charge on any atom is 0.322 e. The predicted molar refractivity (Wildman–Crippen MR) is 53.5 cm³/mol. The number of benzene rings is 1. The summed E-state index contributed by atoms with van der Waals surface area (Å²) < 4.78 is 5.39. The van der Waals surface area contributed by atoms with E-state index in [1.54, 1.807) is 0 Å². The van der Waals surface area contributed by atoms with Crippen molar-refractivity contribution in [2.75, 3.05) is 0 Å². The van der Waals surface area contributed by atoms with Crippen molar-refractivity contribution >= 4 is 11.3 Å². The average molecular weight is 208 g/mol. The first-order valence-electron chi connectivity index (χ1n) is 4.07. The van der Waals surface area contributed by atoms with Crippen molar-refractivity contribution in [3.05, 3.63) is 45.0 Å². The Morgan fingerprint density at radius 2 is 2.14 bits per heavy atom. The molecule has 14 heavy (non-hydrogen) atoms. The Balaban J connectivity index is 1.98. The standard InChI is InChI=1S/C9H8N2O2S/c12-9-11-10-8(14-9)6-13-7-4-2-1-3-5-7/h1-5H,6H2,(H,11,12).